The van der Waals surface area contributed by atoms with Gasteiger partial charge in [-0.1, -0.05) is 30.8 Å². The van der Waals surface area contributed by atoms with Crippen molar-refractivity contribution in [3.8, 4) is 0 Å². The summed E-state index contributed by atoms with van der Waals surface area (Å²) in [5.74, 6) is -0.759. The zero-order chi connectivity index (χ0) is 19.1. The predicted octanol–water partition coefficient (Wildman–Crippen LogP) is 2.55. The number of benzene rings is 1. The summed E-state index contributed by atoms with van der Waals surface area (Å²) in [6, 6.07) is 6.64. The van der Waals surface area contributed by atoms with Gasteiger partial charge < -0.3 is 15.0 Å². The lowest BCUT2D eigenvalue weighted by molar-refractivity contribution is -0.113. The summed E-state index contributed by atoms with van der Waals surface area (Å²) in [7, 11) is 0. The van der Waals surface area contributed by atoms with Gasteiger partial charge in [0, 0.05) is 11.3 Å². The molecule has 2 N–H and O–H groups in total. The number of thioether (sulfide) groups is 1. The number of para-hydroxylation sites is 1. The molecule has 0 fully saturated rings. The molecule has 2 aromatic rings. The lowest BCUT2D eigenvalue weighted by Gasteiger charge is -2.10. The molecule has 0 aliphatic heterocycles. The second-order valence-corrected chi connectivity index (χ2v) is 6.36. The van der Waals surface area contributed by atoms with E-state index in [4.69, 9.17) is 4.74 Å². The summed E-state index contributed by atoms with van der Waals surface area (Å²) < 4.78 is 4.98. The molecule has 138 valence electrons. The third-order valence-corrected chi connectivity index (χ3v) is 4.46. The van der Waals surface area contributed by atoms with E-state index in [1.165, 1.54) is 0 Å². The minimum absolute atomic E-state index is 0.0466. The number of anilines is 1. The van der Waals surface area contributed by atoms with Crippen LogP contribution in [0.25, 0.3) is 0 Å². The molecular formula is C18H21N3O4S. The van der Waals surface area contributed by atoms with Crippen molar-refractivity contribution < 1.29 is 14.3 Å². The number of aryl methyl sites for hydroxylation is 1. The van der Waals surface area contributed by atoms with Gasteiger partial charge in [-0.05, 0) is 32.4 Å². The molecule has 0 atom stereocenters. The average Bonchev–Trinajstić information content (AvgIpc) is 2.60. The molecule has 0 saturated carbocycles. The Labute approximate surface area is 155 Å². The smallest absolute Gasteiger partial charge is 0.340 e. The van der Waals surface area contributed by atoms with Crippen molar-refractivity contribution in [1.82, 2.24) is 9.97 Å². The second-order valence-electron chi connectivity index (χ2n) is 5.39. The summed E-state index contributed by atoms with van der Waals surface area (Å²) in [5.41, 5.74) is 1.79. The number of aromatic amines is 1. The number of carbonyl (C=O) groups is 2. The molecule has 0 spiro atoms. The Morgan fingerprint density at radius 3 is 2.65 bits per heavy atom. The Bertz CT molecular complexity index is 864. The molecule has 0 aliphatic carbocycles. The molecule has 0 radical (unpaired) electrons. The van der Waals surface area contributed by atoms with E-state index in [-0.39, 0.29) is 23.8 Å². The number of hydrogen-bond donors (Lipinski definition) is 2. The van der Waals surface area contributed by atoms with Gasteiger partial charge >= 0.3 is 5.97 Å². The summed E-state index contributed by atoms with van der Waals surface area (Å²) >= 11 is 1.12. The summed E-state index contributed by atoms with van der Waals surface area (Å²) in [6.45, 7) is 5.63. The van der Waals surface area contributed by atoms with Crippen LogP contribution >= 0.6 is 11.8 Å². The maximum absolute atomic E-state index is 12.2. The molecule has 26 heavy (non-hydrogen) atoms. The number of esters is 1. The Morgan fingerprint density at radius 2 is 2.00 bits per heavy atom. The monoisotopic (exact) mass is 375 g/mol. The van der Waals surface area contributed by atoms with E-state index >= 15 is 0 Å². The third kappa shape index (κ3) is 4.95. The molecular weight excluding hydrogens is 354 g/mol. The van der Waals surface area contributed by atoms with Crippen LogP contribution in [0.3, 0.4) is 0 Å². The number of nitrogens with one attached hydrogen (secondary N) is 2. The highest BCUT2D eigenvalue weighted by Crippen LogP contribution is 2.18. The first kappa shape index (κ1) is 19.7. The highest BCUT2D eigenvalue weighted by atomic mass is 32.2. The van der Waals surface area contributed by atoms with Crippen molar-refractivity contribution in [2.75, 3.05) is 17.7 Å². The molecule has 1 aromatic heterocycles. The Hall–Kier alpha value is -2.61. The SMILES string of the molecule is CCOC(=O)c1ccccc1NC(=O)CSc1nc(C)c(CC)c(=O)[nH]1. The van der Waals surface area contributed by atoms with Gasteiger partial charge in [-0.15, -0.1) is 0 Å². The lowest BCUT2D eigenvalue weighted by Crippen LogP contribution is -2.19. The van der Waals surface area contributed by atoms with Gasteiger partial charge in [0.2, 0.25) is 5.91 Å². The molecule has 1 aromatic carbocycles. The molecule has 0 aliphatic rings. The van der Waals surface area contributed by atoms with Gasteiger partial charge in [0.25, 0.3) is 5.56 Å². The van der Waals surface area contributed by atoms with Crippen molar-refractivity contribution in [3.63, 3.8) is 0 Å². The quantitative estimate of drug-likeness (QED) is 0.438. The average molecular weight is 375 g/mol. The number of nitrogens with zero attached hydrogens (tertiary/aromatic N) is 1. The fourth-order valence-electron chi connectivity index (χ4n) is 2.37. The Balaban J connectivity index is 2.04. The van der Waals surface area contributed by atoms with E-state index in [2.05, 4.69) is 15.3 Å². The topological polar surface area (TPSA) is 101 Å². The first-order chi connectivity index (χ1) is 12.5. The normalized spacial score (nSPS) is 10.4. The van der Waals surface area contributed by atoms with Gasteiger partial charge in [0.1, 0.15) is 0 Å². The minimum atomic E-state index is -0.493. The predicted molar refractivity (Wildman–Crippen MR) is 101 cm³/mol. The molecule has 8 heteroatoms. The summed E-state index contributed by atoms with van der Waals surface area (Å²) in [4.78, 5) is 43.1. The minimum Gasteiger partial charge on any atom is -0.462 e. The van der Waals surface area contributed by atoms with E-state index in [1.54, 1.807) is 38.1 Å². The van der Waals surface area contributed by atoms with Crippen molar-refractivity contribution in [2.24, 2.45) is 0 Å². The molecule has 2 rings (SSSR count). The first-order valence-corrected chi connectivity index (χ1v) is 9.23. The van der Waals surface area contributed by atoms with Crippen LogP contribution in [0.15, 0.2) is 34.2 Å². The zero-order valence-corrected chi connectivity index (χ0v) is 15.7. The number of ether oxygens (including phenoxy) is 1. The van der Waals surface area contributed by atoms with E-state index in [1.807, 2.05) is 6.92 Å². The van der Waals surface area contributed by atoms with Crippen LogP contribution in [-0.2, 0) is 16.0 Å². The van der Waals surface area contributed by atoms with E-state index in [0.29, 0.717) is 34.1 Å². The fourth-order valence-corrected chi connectivity index (χ4v) is 3.07. The van der Waals surface area contributed by atoms with E-state index < -0.39 is 5.97 Å². The summed E-state index contributed by atoms with van der Waals surface area (Å²) in [5, 5.41) is 3.08. The van der Waals surface area contributed by atoms with Crippen molar-refractivity contribution in [2.45, 2.75) is 32.3 Å². The molecule has 7 nitrogen and oxygen atoms in total. The molecule has 1 heterocycles. The van der Waals surface area contributed by atoms with Crippen LogP contribution in [0.1, 0.15) is 35.5 Å². The fraction of sp³-hybridized carbons (Fsp3) is 0.333. The highest BCUT2D eigenvalue weighted by Gasteiger charge is 2.14. The molecule has 0 bridgehead atoms. The van der Waals surface area contributed by atoms with E-state index in [0.717, 1.165) is 11.8 Å². The second kappa shape index (κ2) is 9.19. The zero-order valence-electron chi connectivity index (χ0n) is 14.9. The number of carbonyl (C=O) groups excluding carboxylic acids is 2. The van der Waals surface area contributed by atoms with Crippen molar-refractivity contribution in [1.29, 1.82) is 0 Å². The van der Waals surface area contributed by atoms with Crippen LogP contribution in [0.5, 0.6) is 0 Å². The number of H-pyrrole nitrogens is 1. The van der Waals surface area contributed by atoms with Crippen LogP contribution in [-0.4, -0.2) is 34.2 Å². The Morgan fingerprint density at radius 1 is 1.27 bits per heavy atom. The van der Waals surface area contributed by atoms with Gasteiger partial charge in [-0.2, -0.15) is 0 Å². The molecule has 1 amide bonds. The summed E-state index contributed by atoms with van der Waals surface area (Å²) in [6.07, 6.45) is 0.601. The van der Waals surface area contributed by atoms with Crippen LogP contribution in [0.4, 0.5) is 5.69 Å². The maximum Gasteiger partial charge on any atom is 0.340 e. The third-order valence-electron chi connectivity index (χ3n) is 3.59. The largest absolute Gasteiger partial charge is 0.462 e. The Kier molecular flexibility index (Phi) is 6.97. The van der Waals surface area contributed by atoms with Crippen molar-refractivity contribution >= 4 is 29.3 Å². The van der Waals surface area contributed by atoms with Gasteiger partial charge in [-0.3, -0.25) is 9.59 Å². The molecule has 0 unspecified atom stereocenters. The maximum atomic E-state index is 12.2. The standard InChI is InChI=1S/C18H21N3O4S/c1-4-12-11(3)19-18(21-16(12)23)26-10-15(22)20-14-9-7-6-8-13(14)17(24)25-5-2/h6-9H,4-5,10H2,1-3H3,(H,20,22)(H,19,21,23). The highest BCUT2D eigenvalue weighted by molar-refractivity contribution is 7.99. The van der Waals surface area contributed by atoms with Gasteiger partial charge in [0.05, 0.1) is 23.6 Å². The van der Waals surface area contributed by atoms with Gasteiger partial charge in [-0.25, -0.2) is 9.78 Å². The number of amides is 1. The van der Waals surface area contributed by atoms with E-state index in [9.17, 15) is 14.4 Å². The van der Waals surface area contributed by atoms with Crippen LogP contribution < -0.4 is 10.9 Å². The lowest BCUT2D eigenvalue weighted by atomic mass is 10.2. The van der Waals surface area contributed by atoms with Gasteiger partial charge in [0.15, 0.2) is 5.16 Å². The van der Waals surface area contributed by atoms with Crippen LogP contribution in [0.2, 0.25) is 0 Å². The van der Waals surface area contributed by atoms with Crippen molar-refractivity contribution in [3.05, 3.63) is 51.4 Å². The van der Waals surface area contributed by atoms with Crippen LogP contribution in [0, 0.1) is 6.92 Å². The number of hydrogen-bond acceptors (Lipinski definition) is 6. The first-order valence-electron chi connectivity index (χ1n) is 8.24. The number of aromatic nitrogens is 2. The number of rotatable bonds is 7. The molecule has 0 saturated heterocycles.